The van der Waals surface area contributed by atoms with Crippen LogP contribution in [-0.2, 0) is 10.5 Å². The molecule has 3 aromatic rings. The molecule has 0 aliphatic rings. The topological polar surface area (TPSA) is 78.6 Å². The molecule has 6 nitrogen and oxygen atoms in total. The molecule has 0 saturated heterocycles. The normalized spacial score (nSPS) is 10.6. The lowest BCUT2D eigenvalue weighted by Gasteiger charge is -2.10. The van der Waals surface area contributed by atoms with Gasteiger partial charge in [-0.3, -0.25) is 4.79 Å². The molecule has 0 unspecified atom stereocenters. The quantitative estimate of drug-likeness (QED) is 0.305. The molecule has 0 atom stereocenters. The van der Waals surface area contributed by atoms with Gasteiger partial charge < -0.3 is 14.0 Å². The van der Waals surface area contributed by atoms with Gasteiger partial charge in [-0.05, 0) is 37.3 Å². The SMILES string of the molecule is COc1ccc(F)cc1C(=O)COC(=O)c1ccccc1SCc1cc(C)on1. The third kappa shape index (κ3) is 5.23. The maximum Gasteiger partial charge on any atom is 0.339 e. The number of carbonyl (C=O) groups excluding carboxylic acids is 2. The number of aromatic nitrogens is 1. The summed E-state index contributed by atoms with van der Waals surface area (Å²) >= 11 is 1.40. The smallest absolute Gasteiger partial charge is 0.339 e. The van der Waals surface area contributed by atoms with Gasteiger partial charge in [0, 0.05) is 16.7 Å². The number of ketones is 1. The van der Waals surface area contributed by atoms with Crippen LogP contribution in [0.15, 0.2) is 57.9 Å². The van der Waals surface area contributed by atoms with Crippen molar-refractivity contribution >= 4 is 23.5 Å². The van der Waals surface area contributed by atoms with Gasteiger partial charge in [0.1, 0.15) is 17.3 Å². The molecule has 0 amide bonds. The van der Waals surface area contributed by atoms with Crippen LogP contribution in [0, 0.1) is 12.7 Å². The number of benzene rings is 2. The third-order valence-electron chi connectivity index (χ3n) is 3.96. The number of esters is 1. The van der Waals surface area contributed by atoms with Gasteiger partial charge in [0.2, 0.25) is 5.78 Å². The Morgan fingerprint density at radius 1 is 1.14 bits per heavy atom. The molecular weight excluding hydrogens is 397 g/mol. The fourth-order valence-corrected chi connectivity index (χ4v) is 3.50. The summed E-state index contributed by atoms with van der Waals surface area (Å²) in [5.41, 5.74) is 1.10. The highest BCUT2D eigenvalue weighted by molar-refractivity contribution is 7.98. The zero-order valence-electron chi connectivity index (χ0n) is 15.8. The number of halogens is 1. The summed E-state index contributed by atoms with van der Waals surface area (Å²) in [6, 6.07) is 12.3. The van der Waals surface area contributed by atoms with Gasteiger partial charge in [-0.25, -0.2) is 9.18 Å². The van der Waals surface area contributed by atoms with E-state index in [1.165, 1.54) is 31.0 Å². The lowest BCUT2D eigenvalue weighted by molar-refractivity contribution is 0.0470. The van der Waals surface area contributed by atoms with Crippen molar-refractivity contribution in [2.45, 2.75) is 17.6 Å². The number of rotatable bonds is 8. The second-order valence-corrected chi connectivity index (χ2v) is 7.07. The van der Waals surface area contributed by atoms with Gasteiger partial charge in [0.15, 0.2) is 6.61 Å². The summed E-state index contributed by atoms with van der Waals surface area (Å²) in [6.45, 7) is 1.28. The number of methoxy groups -OCH3 is 1. The van der Waals surface area contributed by atoms with E-state index < -0.39 is 24.2 Å². The number of ether oxygens (including phenoxy) is 2. The Labute approximate surface area is 171 Å². The van der Waals surface area contributed by atoms with E-state index >= 15 is 0 Å². The Bertz CT molecular complexity index is 1030. The molecule has 29 heavy (non-hydrogen) atoms. The number of hydrogen-bond acceptors (Lipinski definition) is 7. The predicted octanol–water partition coefficient (Wildman–Crippen LogP) is 4.46. The summed E-state index contributed by atoms with van der Waals surface area (Å²) < 4.78 is 28.7. The Morgan fingerprint density at radius 3 is 2.66 bits per heavy atom. The van der Waals surface area contributed by atoms with Crippen LogP contribution < -0.4 is 4.74 Å². The van der Waals surface area contributed by atoms with E-state index in [4.69, 9.17) is 14.0 Å². The van der Waals surface area contributed by atoms with Crippen molar-refractivity contribution in [3.05, 3.63) is 76.9 Å². The number of aryl methyl sites for hydroxylation is 1. The maximum absolute atomic E-state index is 13.5. The van der Waals surface area contributed by atoms with Crippen LogP contribution in [0.3, 0.4) is 0 Å². The highest BCUT2D eigenvalue weighted by Gasteiger charge is 2.18. The standard InChI is InChI=1S/C21H18FNO5S/c1-13-9-15(23-28-13)12-29-20-6-4-3-5-16(20)21(25)27-11-18(24)17-10-14(22)7-8-19(17)26-2/h3-10H,11-12H2,1-2H3. The molecule has 150 valence electrons. The number of thioether (sulfide) groups is 1. The predicted molar refractivity (Wildman–Crippen MR) is 105 cm³/mol. The first-order valence-corrected chi connectivity index (χ1v) is 9.64. The molecule has 0 aliphatic heterocycles. The van der Waals surface area contributed by atoms with Crippen molar-refractivity contribution < 1.29 is 28.0 Å². The monoisotopic (exact) mass is 415 g/mol. The third-order valence-corrected chi connectivity index (χ3v) is 5.06. The molecule has 2 aromatic carbocycles. The Balaban J connectivity index is 1.66. The summed E-state index contributed by atoms with van der Waals surface area (Å²) in [5.74, 6) is -0.344. The fourth-order valence-electron chi connectivity index (χ4n) is 2.58. The number of Topliss-reactive ketones (excluding diaryl/α,β-unsaturated/α-hetero) is 1. The van der Waals surface area contributed by atoms with Gasteiger partial charge in [-0.15, -0.1) is 11.8 Å². The minimum Gasteiger partial charge on any atom is -0.496 e. The molecule has 0 radical (unpaired) electrons. The summed E-state index contributed by atoms with van der Waals surface area (Å²) in [7, 11) is 1.37. The van der Waals surface area contributed by atoms with E-state index in [1.807, 2.05) is 6.07 Å². The van der Waals surface area contributed by atoms with Crippen LogP contribution in [0.5, 0.6) is 5.75 Å². The second kappa shape index (κ2) is 9.38. The zero-order chi connectivity index (χ0) is 20.8. The number of nitrogens with zero attached hydrogens (tertiary/aromatic N) is 1. The molecule has 0 bridgehead atoms. The van der Waals surface area contributed by atoms with Crippen LogP contribution in [0.2, 0.25) is 0 Å². The summed E-state index contributed by atoms with van der Waals surface area (Å²) in [6.07, 6.45) is 0. The van der Waals surface area contributed by atoms with Gasteiger partial charge >= 0.3 is 5.97 Å². The lowest BCUT2D eigenvalue weighted by atomic mass is 10.1. The highest BCUT2D eigenvalue weighted by Crippen LogP contribution is 2.27. The average Bonchev–Trinajstić information content (AvgIpc) is 3.15. The molecule has 3 rings (SSSR count). The minimum atomic E-state index is -0.645. The van der Waals surface area contributed by atoms with Gasteiger partial charge in [0.05, 0.1) is 23.9 Å². The number of hydrogen-bond donors (Lipinski definition) is 0. The van der Waals surface area contributed by atoms with Crippen LogP contribution >= 0.6 is 11.8 Å². The van der Waals surface area contributed by atoms with Gasteiger partial charge in [-0.1, -0.05) is 17.3 Å². The average molecular weight is 415 g/mol. The van der Waals surface area contributed by atoms with Crippen LogP contribution in [0.25, 0.3) is 0 Å². The van der Waals surface area contributed by atoms with Gasteiger partial charge in [0.25, 0.3) is 0 Å². The van der Waals surface area contributed by atoms with Crippen molar-refractivity contribution in [3.63, 3.8) is 0 Å². The van der Waals surface area contributed by atoms with E-state index in [-0.39, 0.29) is 11.3 Å². The summed E-state index contributed by atoms with van der Waals surface area (Å²) in [5, 5.41) is 3.92. The van der Waals surface area contributed by atoms with Crippen LogP contribution in [0.1, 0.15) is 32.2 Å². The molecule has 0 saturated carbocycles. The molecule has 0 N–H and O–H groups in total. The second-order valence-electron chi connectivity index (χ2n) is 6.06. The molecule has 8 heteroatoms. The molecule has 0 fully saturated rings. The van der Waals surface area contributed by atoms with Crippen molar-refractivity contribution in [2.75, 3.05) is 13.7 Å². The van der Waals surface area contributed by atoms with E-state index in [9.17, 15) is 14.0 Å². The zero-order valence-corrected chi connectivity index (χ0v) is 16.6. The summed E-state index contributed by atoms with van der Waals surface area (Å²) in [4.78, 5) is 25.6. The molecule has 1 aromatic heterocycles. The molecular formula is C21H18FNO5S. The molecule has 0 aliphatic carbocycles. The molecule has 0 spiro atoms. The van der Waals surface area contributed by atoms with Crippen molar-refractivity contribution in [1.82, 2.24) is 5.16 Å². The van der Waals surface area contributed by atoms with E-state index in [0.29, 0.717) is 22.0 Å². The van der Waals surface area contributed by atoms with Crippen molar-refractivity contribution in [2.24, 2.45) is 0 Å². The Hall–Kier alpha value is -3.13. The first-order valence-electron chi connectivity index (χ1n) is 8.66. The Morgan fingerprint density at radius 2 is 1.93 bits per heavy atom. The first-order chi connectivity index (χ1) is 14.0. The molecule has 1 heterocycles. The maximum atomic E-state index is 13.5. The van der Waals surface area contributed by atoms with Gasteiger partial charge in [-0.2, -0.15) is 0 Å². The Kier molecular flexibility index (Phi) is 6.66. The fraction of sp³-hybridized carbons (Fsp3) is 0.190. The van der Waals surface area contributed by atoms with Crippen molar-refractivity contribution in [3.8, 4) is 5.75 Å². The van der Waals surface area contributed by atoms with Crippen molar-refractivity contribution in [1.29, 1.82) is 0 Å². The van der Waals surface area contributed by atoms with E-state index in [2.05, 4.69) is 5.16 Å². The van der Waals surface area contributed by atoms with E-state index in [1.54, 1.807) is 31.2 Å². The lowest BCUT2D eigenvalue weighted by Crippen LogP contribution is -2.15. The van der Waals surface area contributed by atoms with Crippen LogP contribution in [0.4, 0.5) is 4.39 Å². The van der Waals surface area contributed by atoms with E-state index in [0.717, 1.165) is 11.8 Å². The highest BCUT2D eigenvalue weighted by atomic mass is 32.2. The first kappa shape index (κ1) is 20.6. The number of carbonyl (C=O) groups is 2. The van der Waals surface area contributed by atoms with Crippen LogP contribution in [-0.4, -0.2) is 30.6 Å². The largest absolute Gasteiger partial charge is 0.496 e. The minimum absolute atomic E-state index is 0.0179.